The van der Waals surface area contributed by atoms with Crippen LogP contribution in [0.4, 0.5) is 5.69 Å². The number of rotatable bonds is 7. The Morgan fingerprint density at radius 1 is 1.16 bits per heavy atom. The highest BCUT2D eigenvalue weighted by Crippen LogP contribution is 2.24. The molecule has 3 N–H and O–H groups in total. The molecule has 0 fully saturated rings. The molecule has 0 spiro atoms. The van der Waals surface area contributed by atoms with E-state index in [1.165, 1.54) is 6.26 Å². The number of hydrogen-bond acceptors (Lipinski definition) is 3. The van der Waals surface area contributed by atoms with Gasteiger partial charge < -0.3 is 24.9 Å². The van der Waals surface area contributed by atoms with Gasteiger partial charge in [-0.15, -0.1) is 24.0 Å². The smallest absolute Gasteiger partial charge is 0.291 e. The van der Waals surface area contributed by atoms with E-state index in [4.69, 9.17) is 27.6 Å². The number of halogens is 3. The van der Waals surface area contributed by atoms with Crippen LogP contribution in [0.15, 0.2) is 58.1 Å². The van der Waals surface area contributed by atoms with E-state index < -0.39 is 0 Å². The van der Waals surface area contributed by atoms with Gasteiger partial charge in [0.05, 0.1) is 24.4 Å². The second-order valence-electron chi connectivity index (χ2n) is 6.51. The maximum atomic E-state index is 12.1. The van der Waals surface area contributed by atoms with Crippen LogP contribution in [0.5, 0.6) is 0 Å². The van der Waals surface area contributed by atoms with E-state index in [1.807, 2.05) is 48.9 Å². The molecule has 0 atom stereocenters. The van der Waals surface area contributed by atoms with Crippen molar-refractivity contribution in [2.24, 2.45) is 12.0 Å². The Kier molecular flexibility index (Phi) is 9.73. The molecule has 1 amide bonds. The lowest BCUT2D eigenvalue weighted by molar-refractivity contribution is 0.0996. The topological polar surface area (TPSA) is 83.6 Å². The third-order valence-corrected chi connectivity index (χ3v) is 5.19. The van der Waals surface area contributed by atoms with Crippen LogP contribution in [-0.4, -0.2) is 23.0 Å². The van der Waals surface area contributed by atoms with Crippen LogP contribution >= 0.6 is 47.2 Å². The second kappa shape index (κ2) is 12.0. The van der Waals surface area contributed by atoms with Crippen molar-refractivity contribution in [3.05, 3.63) is 75.9 Å². The fourth-order valence-corrected chi connectivity index (χ4v) is 3.21. The number of carbonyl (C=O) groups is 1. The summed E-state index contributed by atoms with van der Waals surface area (Å²) >= 11 is 12.2. The Morgan fingerprint density at radius 3 is 2.61 bits per heavy atom. The molecule has 0 radical (unpaired) electrons. The van der Waals surface area contributed by atoms with E-state index in [2.05, 4.69) is 20.9 Å². The number of guanidine groups is 1. The summed E-state index contributed by atoms with van der Waals surface area (Å²) in [6.07, 6.45) is 1.46. The van der Waals surface area contributed by atoms with E-state index in [0.717, 1.165) is 17.8 Å². The predicted molar refractivity (Wildman–Crippen MR) is 136 cm³/mol. The molecule has 3 rings (SSSR count). The minimum Gasteiger partial charge on any atom is -0.459 e. The number of amides is 1. The highest BCUT2D eigenvalue weighted by molar-refractivity contribution is 14.0. The lowest BCUT2D eigenvalue weighted by atomic mass is 10.2. The molecular formula is C21H24Cl2IN5O2. The monoisotopic (exact) mass is 575 g/mol. The average molecular weight is 576 g/mol. The van der Waals surface area contributed by atoms with Gasteiger partial charge in [0.25, 0.3) is 5.91 Å². The van der Waals surface area contributed by atoms with Gasteiger partial charge in [-0.2, -0.15) is 0 Å². The number of furan rings is 1. The SMILES string of the molecule is CCNC(=NCc1cccc(NC(=O)c2ccco2)c1)NCc1cc(Cl)c(Cl)n1C.I. The van der Waals surface area contributed by atoms with E-state index in [9.17, 15) is 4.79 Å². The molecule has 166 valence electrons. The number of benzene rings is 1. The fraction of sp³-hybridized carbons (Fsp3) is 0.238. The summed E-state index contributed by atoms with van der Waals surface area (Å²) in [7, 11) is 1.86. The summed E-state index contributed by atoms with van der Waals surface area (Å²) in [5, 5.41) is 10.3. The van der Waals surface area contributed by atoms with Crippen LogP contribution in [0.3, 0.4) is 0 Å². The molecule has 0 saturated heterocycles. The lowest BCUT2D eigenvalue weighted by Gasteiger charge is -2.12. The largest absolute Gasteiger partial charge is 0.459 e. The van der Waals surface area contributed by atoms with E-state index in [-0.39, 0.29) is 35.6 Å². The van der Waals surface area contributed by atoms with Gasteiger partial charge >= 0.3 is 0 Å². The van der Waals surface area contributed by atoms with Crippen molar-refractivity contribution < 1.29 is 9.21 Å². The summed E-state index contributed by atoms with van der Waals surface area (Å²) in [5.41, 5.74) is 2.57. The van der Waals surface area contributed by atoms with Crippen LogP contribution in [0.25, 0.3) is 0 Å². The van der Waals surface area contributed by atoms with Crippen molar-refractivity contribution in [3.8, 4) is 0 Å². The molecule has 31 heavy (non-hydrogen) atoms. The van der Waals surface area contributed by atoms with E-state index >= 15 is 0 Å². The first-order chi connectivity index (χ1) is 14.5. The third-order valence-electron chi connectivity index (χ3n) is 4.35. The molecule has 0 unspecified atom stereocenters. The van der Waals surface area contributed by atoms with Crippen LogP contribution in [0.1, 0.15) is 28.7 Å². The van der Waals surface area contributed by atoms with Gasteiger partial charge in [-0.05, 0) is 42.8 Å². The van der Waals surface area contributed by atoms with Crippen molar-refractivity contribution in [2.45, 2.75) is 20.0 Å². The predicted octanol–water partition coefficient (Wildman–Crippen LogP) is 5.05. The second-order valence-corrected chi connectivity index (χ2v) is 7.28. The summed E-state index contributed by atoms with van der Waals surface area (Å²) in [6.45, 7) is 3.68. The van der Waals surface area contributed by atoms with Crippen LogP contribution in [0, 0.1) is 0 Å². The molecule has 2 heterocycles. The number of nitrogens with zero attached hydrogens (tertiary/aromatic N) is 2. The maximum Gasteiger partial charge on any atom is 0.291 e. The standard InChI is InChI=1S/C21H23Cl2N5O2.HI/c1-3-24-21(26-13-16-11-17(22)19(23)28(16)2)25-12-14-6-4-7-15(10-14)27-20(29)18-8-5-9-30-18;/h4-11H,3,12-13H2,1-2H3,(H,27,29)(H2,24,25,26);1H. The van der Waals surface area contributed by atoms with Gasteiger partial charge in [0.2, 0.25) is 0 Å². The summed E-state index contributed by atoms with van der Waals surface area (Å²) < 4.78 is 6.94. The number of carbonyl (C=O) groups excluding carboxylic acids is 1. The van der Waals surface area contributed by atoms with Crippen molar-refractivity contribution in [3.63, 3.8) is 0 Å². The fourth-order valence-electron chi connectivity index (χ4n) is 2.79. The molecule has 10 heteroatoms. The zero-order valence-corrected chi connectivity index (χ0v) is 21.0. The highest BCUT2D eigenvalue weighted by atomic mass is 127. The van der Waals surface area contributed by atoms with Gasteiger partial charge in [-0.3, -0.25) is 4.79 Å². The molecule has 0 aliphatic carbocycles. The minimum atomic E-state index is -0.296. The maximum absolute atomic E-state index is 12.1. The molecule has 2 aromatic heterocycles. The van der Waals surface area contributed by atoms with Gasteiger partial charge in [0.15, 0.2) is 11.7 Å². The number of hydrogen-bond donors (Lipinski definition) is 3. The highest BCUT2D eigenvalue weighted by Gasteiger charge is 2.10. The van der Waals surface area contributed by atoms with Crippen molar-refractivity contribution in [1.29, 1.82) is 0 Å². The molecule has 0 saturated carbocycles. The number of aromatic nitrogens is 1. The Hall–Kier alpha value is -2.17. The quantitative estimate of drug-likeness (QED) is 0.209. The van der Waals surface area contributed by atoms with Crippen LogP contribution in [-0.2, 0) is 20.1 Å². The first-order valence-corrected chi connectivity index (χ1v) is 10.2. The molecule has 0 bridgehead atoms. The minimum absolute atomic E-state index is 0. The zero-order chi connectivity index (χ0) is 21.5. The molecule has 0 aliphatic rings. The Labute approximate surface area is 208 Å². The molecule has 0 aliphatic heterocycles. The number of anilines is 1. The van der Waals surface area contributed by atoms with Gasteiger partial charge in [0.1, 0.15) is 5.15 Å². The van der Waals surface area contributed by atoms with E-state index in [0.29, 0.717) is 34.9 Å². The number of nitrogens with one attached hydrogen (secondary N) is 3. The van der Waals surface area contributed by atoms with Gasteiger partial charge in [0, 0.05) is 25.0 Å². The Bertz CT molecular complexity index is 1030. The summed E-state index contributed by atoms with van der Waals surface area (Å²) in [4.78, 5) is 16.8. The zero-order valence-electron chi connectivity index (χ0n) is 17.1. The lowest BCUT2D eigenvalue weighted by Crippen LogP contribution is -2.37. The average Bonchev–Trinajstić information content (AvgIpc) is 3.36. The third kappa shape index (κ3) is 6.91. The Morgan fingerprint density at radius 2 is 1.97 bits per heavy atom. The van der Waals surface area contributed by atoms with Gasteiger partial charge in [-0.25, -0.2) is 4.99 Å². The van der Waals surface area contributed by atoms with Crippen molar-refractivity contribution in [2.75, 3.05) is 11.9 Å². The first kappa shape index (κ1) is 25.1. The molecule has 3 aromatic rings. The van der Waals surface area contributed by atoms with Crippen molar-refractivity contribution in [1.82, 2.24) is 15.2 Å². The normalized spacial score (nSPS) is 11.0. The van der Waals surface area contributed by atoms with Crippen LogP contribution in [0.2, 0.25) is 10.2 Å². The van der Waals surface area contributed by atoms with E-state index in [1.54, 1.807) is 12.1 Å². The van der Waals surface area contributed by atoms with Gasteiger partial charge in [-0.1, -0.05) is 35.3 Å². The molecule has 1 aromatic carbocycles. The Balaban J connectivity index is 0.00000341. The van der Waals surface area contributed by atoms with Crippen molar-refractivity contribution >= 4 is 64.7 Å². The first-order valence-electron chi connectivity index (χ1n) is 9.43. The number of aliphatic imine (C=N–C) groups is 1. The summed E-state index contributed by atoms with van der Waals surface area (Å²) in [5.74, 6) is 0.629. The van der Waals surface area contributed by atoms with Crippen LogP contribution < -0.4 is 16.0 Å². The molecular weight excluding hydrogens is 552 g/mol. The summed E-state index contributed by atoms with van der Waals surface area (Å²) in [6, 6.07) is 12.6. The molecule has 7 nitrogen and oxygen atoms in total.